The van der Waals surface area contributed by atoms with E-state index in [1.54, 1.807) is 0 Å². The lowest BCUT2D eigenvalue weighted by molar-refractivity contribution is 0.762. The molecule has 5 nitrogen and oxygen atoms in total. The summed E-state index contributed by atoms with van der Waals surface area (Å²) < 4.78 is 0. The molecule has 23 heavy (non-hydrogen) atoms. The molecule has 0 aliphatic carbocycles. The second-order valence-corrected chi connectivity index (χ2v) is 5.61. The number of nitrogens with one attached hydrogen (secondary N) is 3. The normalized spacial score (nSPS) is 12.7. The van der Waals surface area contributed by atoms with Gasteiger partial charge in [-0.2, -0.15) is 5.10 Å². The summed E-state index contributed by atoms with van der Waals surface area (Å²) in [6, 6.07) is 8.17. The largest absolute Gasteiger partial charge is 0.383 e. The van der Waals surface area contributed by atoms with Crippen molar-refractivity contribution in [2.24, 2.45) is 0 Å². The van der Waals surface area contributed by atoms with Crippen molar-refractivity contribution < 1.29 is 0 Å². The van der Waals surface area contributed by atoms with Crippen LogP contribution in [0.4, 0.5) is 5.69 Å². The summed E-state index contributed by atoms with van der Waals surface area (Å²) in [4.78, 5) is 11.7. The van der Waals surface area contributed by atoms with E-state index < -0.39 is 0 Å². The van der Waals surface area contributed by atoms with Crippen LogP contribution in [-0.2, 0) is 6.42 Å². The fourth-order valence-electron chi connectivity index (χ4n) is 2.56. The van der Waals surface area contributed by atoms with E-state index in [4.69, 9.17) is 0 Å². The molecule has 124 valence electrons. The van der Waals surface area contributed by atoms with Crippen molar-refractivity contribution >= 4 is 5.69 Å². The van der Waals surface area contributed by atoms with Crippen molar-refractivity contribution in [3.8, 4) is 11.3 Å². The maximum atomic E-state index is 11.7. The Labute approximate surface area is 137 Å². The Kier molecular flexibility index (Phi) is 6.35. The van der Waals surface area contributed by atoms with Crippen molar-refractivity contribution in [2.75, 3.05) is 25.0 Å². The van der Waals surface area contributed by atoms with Crippen LogP contribution in [0.15, 0.2) is 29.1 Å². The van der Waals surface area contributed by atoms with E-state index in [9.17, 15) is 4.79 Å². The van der Waals surface area contributed by atoms with Crippen LogP contribution in [0.2, 0.25) is 0 Å². The molecule has 2 aromatic rings. The topological polar surface area (TPSA) is 69.8 Å². The third-order valence-electron chi connectivity index (χ3n) is 3.81. The van der Waals surface area contributed by atoms with Gasteiger partial charge < -0.3 is 10.6 Å². The molecule has 0 amide bonds. The predicted octanol–water partition coefficient (Wildman–Crippen LogP) is 2.72. The third kappa shape index (κ3) is 4.42. The Bertz CT molecular complexity index is 674. The second-order valence-electron chi connectivity index (χ2n) is 5.61. The summed E-state index contributed by atoms with van der Waals surface area (Å²) in [6.45, 7) is 9.34. The molecule has 3 rings (SSSR count). The number of benzene rings is 1. The quantitative estimate of drug-likeness (QED) is 0.815. The number of hydrogen-bond donors (Lipinski definition) is 3. The lowest BCUT2D eigenvalue weighted by Crippen LogP contribution is -2.24. The Morgan fingerprint density at radius 1 is 1.17 bits per heavy atom. The monoisotopic (exact) mass is 314 g/mol. The molecule has 1 aliphatic heterocycles. The molecule has 5 heteroatoms. The average Bonchev–Trinajstić information content (AvgIpc) is 2.58. The molecular weight excluding hydrogens is 288 g/mol. The first-order chi connectivity index (χ1) is 11.2. The smallest absolute Gasteiger partial charge is 0.269 e. The fourth-order valence-corrected chi connectivity index (χ4v) is 2.56. The van der Waals surface area contributed by atoms with Crippen molar-refractivity contribution in [3.05, 3.63) is 45.7 Å². The number of hydrogen-bond acceptors (Lipinski definition) is 4. The molecule has 0 atom stereocenters. The van der Waals surface area contributed by atoms with Gasteiger partial charge in [0.1, 0.15) is 5.69 Å². The van der Waals surface area contributed by atoms with Crippen molar-refractivity contribution in [3.63, 3.8) is 0 Å². The second kappa shape index (κ2) is 8.48. The maximum absolute atomic E-state index is 11.7. The molecule has 0 spiro atoms. The highest BCUT2D eigenvalue weighted by Gasteiger charge is 2.18. The van der Waals surface area contributed by atoms with E-state index in [1.807, 2.05) is 12.1 Å². The standard InChI is InChI=1S/C14H15N3O.C4H11N/c1-9-4-6-10(7-5-9)12-13-11(3-2-8-15-13)14(18)17-16-12;1-3-5-4-2/h4-7,15H,2-3,8H2,1H3,(H,17,18);5H,3-4H2,1-2H3. The van der Waals surface area contributed by atoms with Gasteiger partial charge in [0, 0.05) is 17.7 Å². The molecule has 1 aromatic heterocycles. The number of rotatable bonds is 3. The van der Waals surface area contributed by atoms with Gasteiger partial charge in [-0.15, -0.1) is 0 Å². The molecule has 0 bridgehead atoms. The number of H-pyrrole nitrogens is 1. The van der Waals surface area contributed by atoms with Gasteiger partial charge >= 0.3 is 0 Å². The van der Waals surface area contributed by atoms with Crippen LogP contribution in [0.3, 0.4) is 0 Å². The lowest BCUT2D eigenvalue weighted by atomic mass is 10.0. The van der Waals surface area contributed by atoms with Gasteiger partial charge in [0.15, 0.2) is 0 Å². The van der Waals surface area contributed by atoms with Crippen molar-refractivity contribution in [1.29, 1.82) is 0 Å². The molecule has 3 N–H and O–H groups in total. The maximum Gasteiger partial charge on any atom is 0.269 e. The minimum atomic E-state index is -0.0759. The number of aryl methyl sites for hydroxylation is 1. The molecule has 2 heterocycles. The molecular formula is C18H26N4O. The lowest BCUT2D eigenvalue weighted by Gasteiger charge is -2.19. The van der Waals surface area contributed by atoms with Gasteiger partial charge in [-0.3, -0.25) is 4.79 Å². The van der Waals surface area contributed by atoms with Gasteiger partial charge in [0.2, 0.25) is 0 Å². The zero-order valence-electron chi connectivity index (χ0n) is 14.2. The highest BCUT2D eigenvalue weighted by Crippen LogP contribution is 2.29. The zero-order chi connectivity index (χ0) is 16.7. The number of aromatic amines is 1. The van der Waals surface area contributed by atoms with Gasteiger partial charge in [-0.05, 0) is 32.9 Å². The number of anilines is 1. The van der Waals surface area contributed by atoms with E-state index in [-0.39, 0.29) is 5.56 Å². The molecule has 0 unspecified atom stereocenters. The Morgan fingerprint density at radius 2 is 1.87 bits per heavy atom. The molecule has 0 fully saturated rings. The first-order valence-electron chi connectivity index (χ1n) is 8.30. The van der Waals surface area contributed by atoms with Crippen LogP contribution in [-0.4, -0.2) is 29.8 Å². The van der Waals surface area contributed by atoms with Crippen LogP contribution in [0.1, 0.15) is 31.4 Å². The zero-order valence-corrected chi connectivity index (χ0v) is 14.2. The number of fused-ring (bicyclic) bond motifs is 1. The predicted molar refractivity (Wildman–Crippen MR) is 96.1 cm³/mol. The highest BCUT2D eigenvalue weighted by molar-refractivity contribution is 5.76. The number of aromatic nitrogens is 2. The van der Waals surface area contributed by atoms with E-state index in [2.05, 4.69) is 53.7 Å². The number of nitrogens with zero attached hydrogens (tertiary/aromatic N) is 1. The van der Waals surface area contributed by atoms with E-state index in [0.29, 0.717) is 0 Å². The minimum Gasteiger partial charge on any atom is -0.383 e. The van der Waals surface area contributed by atoms with Crippen LogP contribution < -0.4 is 16.2 Å². The molecule has 1 aromatic carbocycles. The summed E-state index contributed by atoms with van der Waals surface area (Å²) in [5.41, 5.74) is 4.73. The van der Waals surface area contributed by atoms with Crippen LogP contribution in [0.25, 0.3) is 11.3 Å². The van der Waals surface area contributed by atoms with Crippen LogP contribution >= 0.6 is 0 Å². The van der Waals surface area contributed by atoms with E-state index >= 15 is 0 Å². The summed E-state index contributed by atoms with van der Waals surface area (Å²) in [7, 11) is 0. The van der Waals surface area contributed by atoms with Crippen molar-refractivity contribution in [1.82, 2.24) is 15.5 Å². The molecule has 0 radical (unpaired) electrons. The third-order valence-corrected chi connectivity index (χ3v) is 3.81. The van der Waals surface area contributed by atoms with Crippen LogP contribution in [0.5, 0.6) is 0 Å². The van der Waals surface area contributed by atoms with E-state index in [0.717, 1.165) is 55.0 Å². The Hall–Kier alpha value is -2.14. The minimum absolute atomic E-state index is 0.0759. The SMILES string of the molecule is CCNCC.Cc1ccc(-c2n[nH]c(=O)c3c2NCCC3)cc1. The Balaban J connectivity index is 0.000000338. The molecule has 1 aliphatic rings. The van der Waals surface area contributed by atoms with Crippen LogP contribution in [0, 0.1) is 6.92 Å². The van der Waals surface area contributed by atoms with Gasteiger partial charge in [-0.1, -0.05) is 43.7 Å². The molecule has 0 saturated carbocycles. The van der Waals surface area contributed by atoms with Gasteiger partial charge in [0.25, 0.3) is 5.56 Å². The first-order valence-corrected chi connectivity index (χ1v) is 8.30. The average molecular weight is 314 g/mol. The summed E-state index contributed by atoms with van der Waals surface area (Å²) in [5, 5.41) is 13.2. The summed E-state index contributed by atoms with van der Waals surface area (Å²) in [5.74, 6) is 0. The van der Waals surface area contributed by atoms with Gasteiger partial charge in [-0.25, -0.2) is 5.10 Å². The summed E-state index contributed by atoms with van der Waals surface area (Å²) >= 11 is 0. The van der Waals surface area contributed by atoms with Gasteiger partial charge in [0.05, 0.1) is 5.69 Å². The Morgan fingerprint density at radius 3 is 2.48 bits per heavy atom. The summed E-state index contributed by atoms with van der Waals surface area (Å²) in [6.07, 6.45) is 1.81. The van der Waals surface area contributed by atoms with E-state index in [1.165, 1.54) is 5.56 Å². The highest BCUT2D eigenvalue weighted by atomic mass is 16.1. The molecule has 0 saturated heterocycles. The fraction of sp³-hybridized carbons (Fsp3) is 0.444. The first kappa shape index (κ1) is 17.2. The van der Waals surface area contributed by atoms with Crippen molar-refractivity contribution in [2.45, 2.75) is 33.6 Å².